The van der Waals surface area contributed by atoms with E-state index in [-0.39, 0.29) is 41.1 Å². The minimum Gasteiger partial charge on any atom is -0.426 e. The molecular formula is C28H32ClN5O8S3. The van der Waals surface area contributed by atoms with Gasteiger partial charge in [0.05, 0.1) is 6.04 Å². The molecule has 2 saturated heterocycles. The van der Waals surface area contributed by atoms with E-state index < -0.39 is 47.6 Å². The zero-order valence-electron chi connectivity index (χ0n) is 24.5. The number of ketones is 1. The van der Waals surface area contributed by atoms with E-state index in [4.69, 9.17) is 9.47 Å². The molecule has 0 radical (unpaired) electrons. The first-order chi connectivity index (χ1) is 21.0. The Kier molecular flexibility index (Phi) is 11.7. The highest BCUT2D eigenvalue weighted by atomic mass is 35.5. The molecule has 5 rings (SSSR count). The fourth-order valence-electron chi connectivity index (χ4n) is 5.16. The third kappa shape index (κ3) is 7.69. The molecular weight excluding hydrogens is 666 g/mol. The smallest absolute Gasteiger partial charge is 0.358 e. The van der Waals surface area contributed by atoms with Crippen LogP contribution in [0.4, 0.5) is 0 Å². The van der Waals surface area contributed by atoms with Gasteiger partial charge in [0.15, 0.2) is 16.2 Å². The minimum absolute atomic E-state index is 0. The number of carbonyl (C=O) groups is 5. The van der Waals surface area contributed by atoms with Gasteiger partial charge in [-0.15, -0.1) is 34.4 Å². The zero-order valence-corrected chi connectivity index (χ0v) is 27.8. The maximum atomic E-state index is 13.4. The molecule has 2 aromatic rings. The Bertz CT molecular complexity index is 1510. The van der Waals surface area contributed by atoms with Crippen LogP contribution in [0.15, 0.2) is 39.9 Å². The van der Waals surface area contributed by atoms with Crippen LogP contribution in [-0.2, 0) is 28.7 Å². The molecule has 1 aromatic carbocycles. The Labute approximate surface area is 277 Å². The van der Waals surface area contributed by atoms with Crippen LogP contribution in [0, 0.1) is 6.92 Å². The second kappa shape index (κ2) is 15.0. The number of hydrogen-bond acceptors (Lipinski definition) is 14. The maximum Gasteiger partial charge on any atom is 0.358 e. The number of esters is 2. The Morgan fingerprint density at radius 3 is 2.64 bits per heavy atom. The molecule has 0 aliphatic carbocycles. The second-order valence-corrected chi connectivity index (χ2v) is 13.8. The number of amides is 2. The molecule has 3 N–H and O–H groups in total. The summed E-state index contributed by atoms with van der Waals surface area (Å²) in [6, 6.07) is 4.96. The van der Waals surface area contributed by atoms with Gasteiger partial charge in [-0.3, -0.25) is 24.1 Å². The van der Waals surface area contributed by atoms with Crippen molar-refractivity contribution in [3.05, 3.63) is 51.7 Å². The molecule has 0 spiro atoms. The third-order valence-corrected chi connectivity index (χ3v) is 10.6. The van der Waals surface area contributed by atoms with Gasteiger partial charge in [-0.2, -0.15) is 0 Å². The Morgan fingerprint density at radius 1 is 1.22 bits per heavy atom. The van der Waals surface area contributed by atoms with Gasteiger partial charge in [0.2, 0.25) is 6.29 Å². The first kappa shape index (κ1) is 34.8. The number of aliphatic hydroxyl groups excluding tert-OH is 1. The lowest BCUT2D eigenvalue weighted by Crippen LogP contribution is -2.71. The van der Waals surface area contributed by atoms with Crippen LogP contribution in [0.25, 0.3) is 0 Å². The van der Waals surface area contributed by atoms with Gasteiger partial charge in [0.25, 0.3) is 11.8 Å². The highest BCUT2D eigenvalue weighted by Gasteiger charge is 2.55. The molecule has 2 amide bonds. The van der Waals surface area contributed by atoms with Crippen molar-refractivity contribution in [1.82, 2.24) is 25.7 Å². The minimum atomic E-state index is -1.70. The Balaban J connectivity index is 0.00000461. The number of benzene rings is 1. The molecule has 13 nitrogen and oxygen atoms in total. The van der Waals surface area contributed by atoms with E-state index in [1.54, 1.807) is 18.2 Å². The molecule has 242 valence electrons. The Hall–Kier alpha value is -3.02. The monoisotopic (exact) mass is 697 g/mol. The van der Waals surface area contributed by atoms with Crippen molar-refractivity contribution in [2.45, 2.75) is 67.8 Å². The molecule has 3 aliphatic rings. The van der Waals surface area contributed by atoms with E-state index in [0.717, 1.165) is 18.0 Å². The lowest BCUT2D eigenvalue weighted by Gasteiger charge is -2.50. The molecule has 3 aliphatic heterocycles. The predicted molar refractivity (Wildman–Crippen MR) is 169 cm³/mol. The molecule has 3 unspecified atom stereocenters. The van der Waals surface area contributed by atoms with Gasteiger partial charge >= 0.3 is 11.9 Å². The number of aliphatic hydroxyl groups is 1. The average molecular weight is 698 g/mol. The lowest BCUT2D eigenvalue weighted by molar-refractivity contribution is -0.182. The average Bonchev–Trinajstić information content (AvgIpc) is 3.69. The normalized spacial score (nSPS) is 22.0. The SMILES string of the molecule is CC(=O)OC(C)OC(=O)C1=C(CSc2nnc(C)s2)CS[C@H]2C(NC(=O)C(O)c3ccccc3C(=O)[C@@H]3CCCN3)C(=O)N12.Cl. The van der Waals surface area contributed by atoms with Crippen LogP contribution in [-0.4, -0.2) is 91.5 Å². The summed E-state index contributed by atoms with van der Waals surface area (Å²) in [5, 5.41) is 25.0. The summed E-state index contributed by atoms with van der Waals surface area (Å²) in [4.78, 5) is 65.7. The fourth-order valence-corrected chi connectivity index (χ4v) is 8.46. The van der Waals surface area contributed by atoms with Gasteiger partial charge in [0, 0.05) is 36.5 Å². The molecule has 0 bridgehead atoms. The highest BCUT2D eigenvalue weighted by Crippen LogP contribution is 2.42. The van der Waals surface area contributed by atoms with E-state index in [1.165, 1.54) is 59.7 Å². The quantitative estimate of drug-likeness (QED) is 0.102. The largest absolute Gasteiger partial charge is 0.426 e. The number of hydrogen-bond donors (Lipinski definition) is 3. The molecule has 45 heavy (non-hydrogen) atoms. The molecule has 4 heterocycles. The lowest BCUT2D eigenvalue weighted by atomic mass is 9.94. The summed E-state index contributed by atoms with van der Waals surface area (Å²) in [6.45, 7) is 5.12. The number of aromatic nitrogens is 2. The van der Waals surface area contributed by atoms with Crippen LogP contribution in [0.3, 0.4) is 0 Å². The number of nitrogens with zero attached hydrogens (tertiary/aromatic N) is 3. The van der Waals surface area contributed by atoms with Crippen molar-refractivity contribution < 1.29 is 38.6 Å². The summed E-state index contributed by atoms with van der Waals surface area (Å²) >= 11 is 4.11. The number of halogens is 1. The van der Waals surface area contributed by atoms with Crippen molar-refractivity contribution >= 4 is 76.8 Å². The van der Waals surface area contributed by atoms with Gasteiger partial charge in [-0.25, -0.2) is 4.79 Å². The van der Waals surface area contributed by atoms with E-state index in [0.29, 0.717) is 27.8 Å². The van der Waals surface area contributed by atoms with Crippen LogP contribution < -0.4 is 10.6 Å². The number of ether oxygens (including phenoxy) is 2. The van der Waals surface area contributed by atoms with Crippen molar-refractivity contribution in [3.63, 3.8) is 0 Å². The number of carbonyl (C=O) groups excluding carboxylic acids is 5. The molecule has 0 saturated carbocycles. The molecule has 2 fully saturated rings. The molecule has 17 heteroatoms. The van der Waals surface area contributed by atoms with Crippen molar-refractivity contribution in [2.75, 3.05) is 18.1 Å². The summed E-state index contributed by atoms with van der Waals surface area (Å²) in [5.41, 5.74) is 1.01. The first-order valence-corrected chi connectivity index (χ1v) is 16.7. The van der Waals surface area contributed by atoms with Gasteiger partial charge < -0.3 is 25.2 Å². The summed E-state index contributed by atoms with van der Waals surface area (Å²) in [7, 11) is 0. The van der Waals surface area contributed by atoms with E-state index in [2.05, 4.69) is 20.8 Å². The van der Waals surface area contributed by atoms with Gasteiger partial charge in [-0.1, -0.05) is 47.4 Å². The van der Waals surface area contributed by atoms with E-state index in [9.17, 15) is 29.1 Å². The number of nitrogens with one attached hydrogen (secondary N) is 2. The first-order valence-electron chi connectivity index (χ1n) is 13.9. The van der Waals surface area contributed by atoms with Crippen molar-refractivity contribution in [2.24, 2.45) is 0 Å². The number of thioether (sulfide) groups is 2. The predicted octanol–water partition coefficient (Wildman–Crippen LogP) is 2.14. The Morgan fingerprint density at radius 2 is 1.98 bits per heavy atom. The van der Waals surface area contributed by atoms with E-state index >= 15 is 0 Å². The standard InChI is InChI=1S/C28H31N5O8S3.ClH/c1-13-31-32-28(44-13)43-12-16-11-42-26-20(25(38)33(26)21(16)27(39)41-15(3)40-14(2)34)30-24(37)23(36)18-8-5-4-7-17(18)22(35)19-9-6-10-29-19;/h4-5,7-8,15,19-20,23,26,29,36H,6,9-12H2,1-3H3,(H,30,37);1H/t15?,19-,20?,23?,26-;/m0./s1. The number of aryl methyl sites for hydroxylation is 1. The van der Waals surface area contributed by atoms with Gasteiger partial charge in [-0.05, 0) is 31.9 Å². The van der Waals surface area contributed by atoms with E-state index in [1.807, 2.05) is 6.92 Å². The van der Waals surface area contributed by atoms with Crippen LogP contribution in [0.5, 0.6) is 0 Å². The van der Waals surface area contributed by atoms with Crippen molar-refractivity contribution in [3.8, 4) is 0 Å². The van der Waals surface area contributed by atoms with Crippen molar-refractivity contribution in [1.29, 1.82) is 0 Å². The highest BCUT2D eigenvalue weighted by molar-refractivity contribution is 8.01. The maximum absolute atomic E-state index is 13.4. The third-order valence-electron chi connectivity index (χ3n) is 7.17. The number of rotatable bonds is 11. The van der Waals surface area contributed by atoms with Crippen LogP contribution in [0.1, 0.15) is 53.7 Å². The topological polar surface area (TPSA) is 177 Å². The number of fused-ring (bicyclic) bond motifs is 1. The summed E-state index contributed by atoms with van der Waals surface area (Å²) < 4.78 is 11.0. The van der Waals surface area contributed by atoms with Gasteiger partial charge in [0.1, 0.15) is 22.1 Å². The number of β-lactam (4-membered cyclic amide) rings is 1. The zero-order chi connectivity index (χ0) is 31.5. The van der Waals surface area contributed by atoms with Crippen LogP contribution in [0.2, 0.25) is 0 Å². The molecule has 5 atom stereocenters. The molecule has 1 aromatic heterocycles. The van der Waals surface area contributed by atoms with Crippen LogP contribution >= 0.6 is 47.3 Å². The summed E-state index contributed by atoms with van der Waals surface area (Å²) in [5.74, 6) is -2.43. The number of Topliss-reactive ketones (excluding diaryl/α,β-unsaturated/α-hetero) is 1. The fraction of sp³-hybridized carbons (Fsp3) is 0.464. The second-order valence-electron chi connectivity index (χ2n) is 10.3. The summed E-state index contributed by atoms with van der Waals surface area (Å²) in [6.07, 6.45) is -1.36.